The molecule has 35 heavy (non-hydrogen) atoms. The predicted molar refractivity (Wildman–Crippen MR) is 120 cm³/mol. The number of hydrogen-bond donors (Lipinski definition) is 1. The molecule has 1 N–H and O–H groups in total. The number of non-ortho nitro benzene ring substituents is 1. The summed E-state index contributed by atoms with van der Waals surface area (Å²) in [5.74, 6) is -2.31. The highest BCUT2D eigenvalue weighted by atomic mass is 19.1. The zero-order valence-electron chi connectivity index (χ0n) is 18.2. The SMILES string of the molecule is COC(=O)c1cc(C(=O)N[C@H](c2nnc(-c3ccccc3)o2)c2ccccc2F)cc([N+](=O)[O-])c1. The van der Waals surface area contributed by atoms with Gasteiger partial charge in [0, 0.05) is 28.8 Å². The molecule has 4 aromatic rings. The normalized spacial score (nSPS) is 11.5. The summed E-state index contributed by atoms with van der Waals surface area (Å²) < 4.78 is 25.0. The number of nitrogens with zero attached hydrogens (tertiary/aromatic N) is 3. The Balaban J connectivity index is 1.74. The highest BCUT2D eigenvalue weighted by Crippen LogP contribution is 2.27. The van der Waals surface area contributed by atoms with Gasteiger partial charge in [0.15, 0.2) is 0 Å². The van der Waals surface area contributed by atoms with E-state index in [1.54, 1.807) is 30.3 Å². The van der Waals surface area contributed by atoms with Gasteiger partial charge in [-0.25, -0.2) is 9.18 Å². The number of carbonyl (C=O) groups excluding carboxylic acids is 2. The molecule has 0 radical (unpaired) electrons. The average Bonchev–Trinajstić information content (AvgIpc) is 3.37. The van der Waals surface area contributed by atoms with Crippen LogP contribution in [0.25, 0.3) is 11.5 Å². The summed E-state index contributed by atoms with van der Waals surface area (Å²) in [4.78, 5) is 35.7. The topological polar surface area (TPSA) is 137 Å². The lowest BCUT2D eigenvalue weighted by molar-refractivity contribution is -0.384. The molecular formula is C24H17FN4O6. The molecule has 0 unspecified atom stereocenters. The molecule has 1 amide bonds. The number of carbonyl (C=O) groups is 2. The number of hydrogen-bond acceptors (Lipinski definition) is 8. The number of aromatic nitrogens is 2. The maximum absolute atomic E-state index is 14.7. The lowest BCUT2D eigenvalue weighted by Crippen LogP contribution is -2.30. The second kappa shape index (κ2) is 9.91. The van der Waals surface area contributed by atoms with Crippen LogP contribution in [0.2, 0.25) is 0 Å². The number of nitro groups is 1. The molecule has 0 spiro atoms. The Morgan fingerprint density at radius 3 is 2.40 bits per heavy atom. The molecule has 0 aliphatic rings. The maximum Gasteiger partial charge on any atom is 0.338 e. The second-order valence-corrected chi connectivity index (χ2v) is 7.26. The fourth-order valence-corrected chi connectivity index (χ4v) is 3.33. The Morgan fingerprint density at radius 2 is 1.71 bits per heavy atom. The average molecular weight is 476 g/mol. The predicted octanol–water partition coefficient (Wildman–Crippen LogP) is 4.09. The molecular weight excluding hydrogens is 459 g/mol. The van der Waals surface area contributed by atoms with Crippen LogP contribution < -0.4 is 5.32 Å². The molecule has 0 aliphatic heterocycles. The van der Waals surface area contributed by atoms with Crippen molar-refractivity contribution in [3.63, 3.8) is 0 Å². The fraction of sp³-hybridized carbons (Fsp3) is 0.0833. The molecule has 10 nitrogen and oxygen atoms in total. The van der Waals surface area contributed by atoms with Crippen LogP contribution in [0.4, 0.5) is 10.1 Å². The van der Waals surface area contributed by atoms with Crippen LogP contribution in [-0.4, -0.2) is 34.1 Å². The first-order valence-corrected chi connectivity index (χ1v) is 10.2. The molecule has 0 bridgehead atoms. The van der Waals surface area contributed by atoms with Crippen molar-refractivity contribution in [2.75, 3.05) is 7.11 Å². The van der Waals surface area contributed by atoms with Gasteiger partial charge < -0.3 is 14.5 Å². The van der Waals surface area contributed by atoms with E-state index in [1.807, 2.05) is 6.07 Å². The maximum atomic E-state index is 14.7. The van der Waals surface area contributed by atoms with Gasteiger partial charge in [0.1, 0.15) is 11.9 Å². The van der Waals surface area contributed by atoms with Crippen molar-refractivity contribution < 1.29 is 28.1 Å². The number of amides is 1. The third-order valence-electron chi connectivity index (χ3n) is 5.01. The Hall–Kier alpha value is -4.93. The highest BCUT2D eigenvalue weighted by molar-refractivity contribution is 5.99. The van der Waals surface area contributed by atoms with E-state index in [0.717, 1.165) is 25.3 Å². The van der Waals surface area contributed by atoms with Crippen molar-refractivity contribution in [3.8, 4) is 11.5 Å². The van der Waals surface area contributed by atoms with Crippen LogP contribution in [0, 0.1) is 15.9 Å². The van der Waals surface area contributed by atoms with Crippen LogP contribution in [0.3, 0.4) is 0 Å². The first-order valence-electron chi connectivity index (χ1n) is 10.2. The molecule has 4 rings (SSSR count). The number of benzene rings is 3. The van der Waals surface area contributed by atoms with E-state index in [4.69, 9.17) is 4.42 Å². The van der Waals surface area contributed by atoms with Gasteiger partial charge in [0.25, 0.3) is 11.6 Å². The Bertz CT molecular complexity index is 1410. The van der Waals surface area contributed by atoms with Crippen molar-refractivity contribution in [1.82, 2.24) is 15.5 Å². The lowest BCUT2D eigenvalue weighted by atomic mass is 10.0. The Labute approximate surface area is 197 Å². The number of esters is 1. The molecule has 0 saturated carbocycles. The molecule has 1 aromatic heterocycles. The highest BCUT2D eigenvalue weighted by Gasteiger charge is 2.28. The van der Waals surface area contributed by atoms with Crippen LogP contribution in [0.1, 0.15) is 38.2 Å². The Morgan fingerprint density at radius 1 is 1.03 bits per heavy atom. The van der Waals surface area contributed by atoms with Crippen LogP contribution in [0.5, 0.6) is 0 Å². The first-order chi connectivity index (χ1) is 16.9. The van der Waals surface area contributed by atoms with Crippen LogP contribution in [-0.2, 0) is 4.74 Å². The van der Waals surface area contributed by atoms with E-state index in [1.165, 1.54) is 18.2 Å². The summed E-state index contributed by atoms with van der Waals surface area (Å²) in [6, 6.07) is 16.4. The molecule has 0 fully saturated rings. The third kappa shape index (κ3) is 5.03. The van der Waals surface area contributed by atoms with Crippen molar-refractivity contribution >= 4 is 17.6 Å². The molecule has 1 heterocycles. The number of nitrogens with one attached hydrogen (secondary N) is 1. The number of ether oxygens (including phenoxy) is 1. The van der Waals surface area contributed by atoms with Crippen molar-refractivity contribution in [2.45, 2.75) is 6.04 Å². The van der Waals surface area contributed by atoms with E-state index in [0.29, 0.717) is 5.56 Å². The lowest BCUT2D eigenvalue weighted by Gasteiger charge is -2.16. The van der Waals surface area contributed by atoms with Gasteiger partial charge in [-0.2, -0.15) is 0 Å². The summed E-state index contributed by atoms with van der Waals surface area (Å²) in [7, 11) is 1.11. The summed E-state index contributed by atoms with van der Waals surface area (Å²) in [6.07, 6.45) is 0. The van der Waals surface area contributed by atoms with Crippen molar-refractivity contribution in [1.29, 1.82) is 0 Å². The molecule has 0 aliphatic carbocycles. The fourth-order valence-electron chi connectivity index (χ4n) is 3.33. The van der Waals surface area contributed by atoms with Crippen LogP contribution >= 0.6 is 0 Å². The summed E-state index contributed by atoms with van der Waals surface area (Å²) in [5.41, 5.74) is -0.263. The molecule has 3 aromatic carbocycles. The summed E-state index contributed by atoms with van der Waals surface area (Å²) >= 11 is 0. The summed E-state index contributed by atoms with van der Waals surface area (Å²) in [6.45, 7) is 0. The van der Waals surface area contributed by atoms with E-state index in [-0.39, 0.29) is 28.5 Å². The second-order valence-electron chi connectivity index (χ2n) is 7.26. The van der Waals surface area contributed by atoms with Gasteiger partial charge in [-0.1, -0.05) is 36.4 Å². The Kier molecular flexibility index (Phi) is 6.58. The number of nitro benzene ring substituents is 1. The number of halogens is 1. The van der Waals surface area contributed by atoms with E-state index in [9.17, 15) is 24.1 Å². The number of rotatable bonds is 7. The zero-order chi connectivity index (χ0) is 24.9. The summed E-state index contributed by atoms with van der Waals surface area (Å²) in [5, 5.41) is 21.9. The van der Waals surface area contributed by atoms with Gasteiger partial charge in [0.05, 0.1) is 17.6 Å². The van der Waals surface area contributed by atoms with Gasteiger partial charge in [-0.15, -0.1) is 10.2 Å². The minimum absolute atomic E-state index is 0.0303. The van der Waals surface area contributed by atoms with Gasteiger partial charge in [-0.05, 0) is 24.3 Å². The molecule has 1 atom stereocenters. The number of methoxy groups -OCH3 is 1. The minimum Gasteiger partial charge on any atom is -0.465 e. The van der Waals surface area contributed by atoms with E-state index >= 15 is 0 Å². The largest absolute Gasteiger partial charge is 0.465 e. The van der Waals surface area contributed by atoms with E-state index in [2.05, 4.69) is 20.3 Å². The molecule has 176 valence electrons. The standard InChI is InChI=1S/C24H17FN4O6/c1-34-24(31)16-11-15(12-17(13-16)29(32)33)21(30)26-20(18-9-5-6-10-19(18)25)23-28-27-22(35-23)14-7-3-2-4-8-14/h2-13,20H,1H3,(H,26,30)/t20-/m0/s1. The van der Waals surface area contributed by atoms with Gasteiger partial charge in [0.2, 0.25) is 11.8 Å². The van der Waals surface area contributed by atoms with Crippen molar-refractivity contribution in [3.05, 3.63) is 111 Å². The zero-order valence-corrected chi connectivity index (χ0v) is 18.2. The van der Waals surface area contributed by atoms with Gasteiger partial charge >= 0.3 is 5.97 Å². The van der Waals surface area contributed by atoms with Gasteiger partial charge in [-0.3, -0.25) is 14.9 Å². The quantitative estimate of drug-likeness (QED) is 0.239. The van der Waals surface area contributed by atoms with Crippen molar-refractivity contribution in [2.24, 2.45) is 0 Å². The smallest absolute Gasteiger partial charge is 0.338 e. The molecule has 11 heteroatoms. The first kappa shape index (κ1) is 23.2. The monoisotopic (exact) mass is 476 g/mol. The minimum atomic E-state index is -1.23. The van der Waals surface area contributed by atoms with Crippen LogP contribution in [0.15, 0.2) is 77.2 Å². The molecule has 0 saturated heterocycles. The third-order valence-corrected chi connectivity index (χ3v) is 5.01. The van der Waals surface area contributed by atoms with E-state index < -0.39 is 34.3 Å².